The molecule has 10 heavy (non-hydrogen) atoms. The second-order valence-corrected chi connectivity index (χ2v) is 2.02. The first-order valence-electron chi connectivity index (χ1n) is 3.22. The van der Waals surface area contributed by atoms with Crippen LogP contribution in [0.25, 0.3) is 6.08 Å². The Bertz CT molecular complexity index is 238. The molecule has 1 rings (SSSR count). The number of hydrogen-bond donors (Lipinski definition) is 0. The maximum atomic E-state index is 12.7. The zero-order valence-electron chi connectivity index (χ0n) is 5.84. The molecule has 0 spiro atoms. The number of halogens is 1. The number of hydrogen-bond acceptors (Lipinski definition) is 0. The minimum absolute atomic E-state index is 0.166. The van der Waals surface area contributed by atoms with Crippen molar-refractivity contribution in [3.8, 4) is 0 Å². The van der Waals surface area contributed by atoms with Crippen LogP contribution < -0.4 is 0 Å². The van der Waals surface area contributed by atoms with Gasteiger partial charge in [0.15, 0.2) is 0 Å². The molecule has 0 aliphatic carbocycles. The summed E-state index contributed by atoms with van der Waals surface area (Å²) in [5, 5.41) is 0. The van der Waals surface area contributed by atoms with E-state index in [0.29, 0.717) is 5.56 Å². The highest BCUT2D eigenvalue weighted by Crippen LogP contribution is 2.07. The van der Waals surface area contributed by atoms with Gasteiger partial charge in [-0.2, -0.15) is 0 Å². The summed E-state index contributed by atoms with van der Waals surface area (Å²) in [7, 11) is 0. The van der Waals surface area contributed by atoms with Crippen LogP contribution in [0.15, 0.2) is 30.3 Å². The SMILES string of the molecule is CC=Cc1ccccc1F. The van der Waals surface area contributed by atoms with Crippen molar-refractivity contribution in [2.75, 3.05) is 0 Å². The molecule has 0 heterocycles. The van der Waals surface area contributed by atoms with E-state index in [-0.39, 0.29) is 5.82 Å². The zero-order chi connectivity index (χ0) is 7.40. The lowest BCUT2D eigenvalue weighted by Gasteiger charge is -1.92. The summed E-state index contributed by atoms with van der Waals surface area (Å²) in [6, 6.07) is 6.70. The van der Waals surface area contributed by atoms with E-state index in [1.807, 2.05) is 19.1 Å². The summed E-state index contributed by atoms with van der Waals surface area (Å²) in [6.45, 7) is 1.87. The van der Waals surface area contributed by atoms with Crippen LogP contribution in [-0.4, -0.2) is 0 Å². The van der Waals surface area contributed by atoms with Crippen molar-refractivity contribution < 1.29 is 4.39 Å². The highest BCUT2D eigenvalue weighted by molar-refractivity contribution is 5.49. The predicted octanol–water partition coefficient (Wildman–Crippen LogP) is 2.86. The highest BCUT2D eigenvalue weighted by Gasteiger charge is 1.92. The Morgan fingerprint density at radius 1 is 1.30 bits per heavy atom. The van der Waals surface area contributed by atoms with Crippen molar-refractivity contribution in [3.63, 3.8) is 0 Å². The van der Waals surface area contributed by atoms with Gasteiger partial charge in [-0.1, -0.05) is 30.4 Å². The zero-order valence-corrected chi connectivity index (χ0v) is 5.84. The van der Waals surface area contributed by atoms with Gasteiger partial charge in [0.2, 0.25) is 0 Å². The quantitative estimate of drug-likeness (QED) is 0.556. The van der Waals surface area contributed by atoms with E-state index in [1.54, 1.807) is 18.2 Å². The van der Waals surface area contributed by atoms with Gasteiger partial charge < -0.3 is 0 Å². The van der Waals surface area contributed by atoms with Gasteiger partial charge in [-0.15, -0.1) is 0 Å². The minimum atomic E-state index is -0.166. The van der Waals surface area contributed by atoms with Crippen LogP contribution in [0.1, 0.15) is 12.5 Å². The Labute approximate surface area is 60.0 Å². The number of rotatable bonds is 1. The fraction of sp³-hybridized carbons (Fsp3) is 0.111. The molecule has 0 unspecified atom stereocenters. The van der Waals surface area contributed by atoms with Crippen LogP contribution in [0.2, 0.25) is 0 Å². The van der Waals surface area contributed by atoms with Crippen molar-refractivity contribution in [1.29, 1.82) is 0 Å². The Hall–Kier alpha value is -1.11. The van der Waals surface area contributed by atoms with Gasteiger partial charge in [-0.25, -0.2) is 4.39 Å². The van der Waals surface area contributed by atoms with Gasteiger partial charge >= 0.3 is 0 Å². The minimum Gasteiger partial charge on any atom is -0.206 e. The molecular weight excluding hydrogens is 127 g/mol. The van der Waals surface area contributed by atoms with E-state index in [0.717, 1.165) is 0 Å². The lowest BCUT2D eigenvalue weighted by atomic mass is 10.2. The fourth-order valence-electron chi connectivity index (χ4n) is 0.790. The average molecular weight is 136 g/mol. The van der Waals surface area contributed by atoms with Gasteiger partial charge in [0.05, 0.1) is 0 Å². The number of benzene rings is 1. The van der Waals surface area contributed by atoms with E-state index in [1.165, 1.54) is 6.07 Å². The van der Waals surface area contributed by atoms with Crippen molar-refractivity contribution in [2.24, 2.45) is 0 Å². The molecule has 1 aromatic carbocycles. The molecule has 0 aliphatic heterocycles. The third-order valence-electron chi connectivity index (χ3n) is 1.25. The molecule has 1 aromatic rings. The summed E-state index contributed by atoms with van der Waals surface area (Å²) < 4.78 is 12.7. The molecule has 0 saturated carbocycles. The standard InChI is InChI=1S/C9H9F/c1-2-5-8-6-3-4-7-9(8)10/h2-7H,1H3. The Balaban J connectivity index is 3.03. The van der Waals surface area contributed by atoms with Crippen molar-refractivity contribution in [3.05, 3.63) is 41.7 Å². The van der Waals surface area contributed by atoms with Crippen LogP contribution in [0, 0.1) is 5.82 Å². The normalized spacial score (nSPS) is 10.6. The van der Waals surface area contributed by atoms with E-state index >= 15 is 0 Å². The van der Waals surface area contributed by atoms with Gasteiger partial charge in [-0.3, -0.25) is 0 Å². The van der Waals surface area contributed by atoms with E-state index in [4.69, 9.17) is 0 Å². The second-order valence-electron chi connectivity index (χ2n) is 2.02. The molecule has 0 N–H and O–H groups in total. The molecule has 0 atom stereocenters. The van der Waals surface area contributed by atoms with E-state index < -0.39 is 0 Å². The third-order valence-corrected chi connectivity index (χ3v) is 1.25. The van der Waals surface area contributed by atoms with Crippen LogP contribution >= 0.6 is 0 Å². The van der Waals surface area contributed by atoms with Crippen LogP contribution in [0.4, 0.5) is 4.39 Å². The summed E-state index contributed by atoms with van der Waals surface area (Å²) in [6.07, 6.45) is 3.56. The van der Waals surface area contributed by atoms with Crippen molar-refractivity contribution in [2.45, 2.75) is 6.92 Å². The first kappa shape index (κ1) is 7.00. The Morgan fingerprint density at radius 3 is 2.60 bits per heavy atom. The van der Waals surface area contributed by atoms with Gasteiger partial charge in [0, 0.05) is 5.56 Å². The van der Waals surface area contributed by atoms with Crippen molar-refractivity contribution in [1.82, 2.24) is 0 Å². The molecule has 0 saturated heterocycles. The van der Waals surface area contributed by atoms with Crippen LogP contribution in [-0.2, 0) is 0 Å². The average Bonchev–Trinajstić information content (AvgIpc) is 1.94. The van der Waals surface area contributed by atoms with Crippen LogP contribution in [0.3, 0.4) is 0 Å². The van der Waals surface area contributed by atoms with E-state index in [2.05, 4.69) is 0 Å². The first-order chi connectivity index (χ1) is 4.84. The predicted molar refractivity (Wildman–Crippen MR) is 41.1 cm³/mol. The first-order valence-corrected chi connectivity index (χ1v) is 3.22. The van der Waals surface area contributed by atoms with Gasteiger partial charge in [0.1, 0.15) is 5.82 Å². The summed E-state index contributed by atoms with van der Waals surface area (Å²) in [5.74, 6) is -0.166. The summed E-state index contributed by atoms with van der Waals surface area (Å²) in [5.41, 5.74) is 0.644. The topological polar surface area (TPSA) is 0 Å². The summed E-state index contributed by atoms with van der Waals surface area (Å²) in [4.78, 5) is 0. The highest BCUT2D eigenvalue weighted by atomic mass is 19.1. The maximum Gasteiger partial charge on any atom is 0.130 e. The molecule has 1 heteroatoms. The van der Waals surface area contributed by atoms with Gasteiger partial charge in [0.25, 0.3) is 0 Å². The molecule has 0 bridgehead atoms. The number of allylic oxidation sites excluding steroid dienone is 1. The lowest BCUT2D eigenvalue weighted by Crippen LogP contribution is -1.77. The van der Waals surface area contributed by atoms with Crippen LogP contribution in [0.5, 0.6) is 0 Å². The van der Waals surface area contributed by atoms with Gasteiger partial charge in [-0.05, 0) is 13.0 Å². The second kappa shape index (κ2) is 3.16. The van der Waals surface area contributed by atoms with Crippen molar-refractivity contribution >= 4 is 6.08 Å². The van der Waals surface area contributed by atoms with E-state index in [9.17, 15) is 4.39 Å². The molecule has 52 valence electrons. The molecular formula is C9H9F. The Kier molecular flexibility index (Phi) is 2.21. The molecule has 0 amide bonds. The smallest absolute Gasteiger partial charge is 0.130 e. The fourth-order valence-corrected chi connectivity index (χ4v) is 0.790. The maximum absolute atomic E-state index is 12.7. The molecule has 0 aliphatic rings. The largest absolute Gasteiger partial charge is 0.206 e. The monoisotopic (exact) mass is 136 g/mol. The molecule has 0 nitrogen and oxygen atoms in total. The molecule has 0 radical (unpaired) electrons. The Morgan fingerprint density at radius 2 is 2.00 bits per heavy atom. The third kappa shape index (κ3) is 1.44. The summed E-state index contributed by atoms with van der Waals surface area (Å²) >= 11 is 0. The lowest BCUT2D eigenvalue weighted by molar-refractivity contribution is 0.625. The molecule has 0 fully saturated rings. The molecule has 0 aromatic heterocycles.